The molecule has 1 aromatic carbocycles. The van der Waals surface area contributed by atoms with E-state index in [1.165, 1.54) is 11.3 Å². The van der Waals surface area contributed by atoms with Gasteiger partial charge in [-0.2, -0.15) is 10.5 Å². The Balaban J connectivity index is 2.89. The summed E-state index contributed by atoms with van der Waals surface area (Å²) < 4.78 is 0.906. The van der Waals surface area contributed by atoms with E-state index in [0.29, 0.717) is 16.0 Å². The second-order valence-corrected chi connectivity index (χ2v) is 4.04. The van der Waals surface area contributed by atoms with Crippen molar-refractivity contribution >= 4 is 34.1 Å². The van der Waals surface area contributed by atoms with Gasteiger partial charge in [-0.05, 0) is 6.07 Å². The first-order valence-corrected chi connectivity index (χ1v) is 5.14. The molecule has 0 atom stereocenters. The Hall–Kier alpha value is -1.49. The van der Waals surface area contributed by atoms with Crippen molar-refractivity contribution < 1.29 is 0 Å². The van der Waals surface area contributed by atoms with Gasteiger partial charge in [0, 0.05) is 15.7 Å². The molecule has 0 N–H and O–H groups in total. The predicted octanol–water partition coefficient (Wildman–Crippen LogP) is 2.93. The first-order valence-electron chi connectivity index (χ1n) is 3.81. The molecule has 2 rings (SSSR count). The molecule has 0 fully saturated rings. The van der Waals surface area contributed by atoms with Crippen molar-refractivity contribution in [1.29, 1.82) is 10.5 Å². The van der Waals surface area contributed by atoms with Crippen molar-refractivity contribution in [2.24, 2.45) is 0 Å². The summed E-state index contributed by atoms with van der Waals surface area (Å²) in [7, 11) is 0. The summed E-state index contributed by atoms with van der Waals surface area (Å²) in [6.07, 6.45) is 0. The minimum absolute atomic E-state index is 0.548. The summed E-state index contributed by atoms with van der Waals surface area (Å²) in [5.41, 5.74) is 1.19. The van der Waals surface area contributed by atoms with Gasteiger partial charge in [-0.3, -0.25) is 0 Å². The Kier molecular flexibility index (Phi) is 2.17. The average Bonchev–Trinajstić information content (AvgIpc) is 2.62. The highest BCUT2D eigenvalue weighted by atomic mass is 32.1. The number of nitriles is 2. The van der Waals surface area contributed by atoms with Crippen LogP contribution in [0.25, 0.3) is 10.1 Å². The van der Waals surface area contributed by atoms with Gasteiger partial charge >= 0.3 is 0 Å². The lowest BCUT2D eigenvalue weighted by molar-refractivity contribution is 1.43. The van der Waals surface area contributed by atoms with Crippen LogP contribution in [0.3, 0.4) is 0 Å². The molecule has 0 spiro atoms. The van der Waals surface area contributed by atoms with Crippen LogP contribution in [-0.2, 0) is 0 Å². The third kappa shape index (κ3) is 1.17. The molecule has 1 heterocycles. The molecule has 14 heavy (non-hydrogen) atoms. The number of hydrogen-bond donors (Lipinski definition) is 1. The fourth-order valence-electron chi connectivity index (χ4n) is 1.26. The molecular formula is C10H4N2S2. The van der Waals surface area contributed by atoms with Crippen LogP contribution < -0.4 is 0 Å². The highest BCUT2D eigenvalue weighted by Gasteiger charge is 2.08. The summed E-state index contributed by atoms with van der Waals surface area (Å²) in [4.78, 5) is 0.663. The van der Waals surface area contributed by atoms with Crippen LogP contribution in [0.2, 0.25) is 0 Å². The quantitative estimate of drug-likeness (QED) is 0.688. The largest absolute Gasteiger partial charge is 0.192 e. The first-order chi connectivity index (χ1) is 6.77. The zero-order chi connectivity index (χ0) is 10.1. The maximum atomic E-state index is 8.81. The van der Waals surface area contributed by atoms with E-state index >= 15 is 0 Å². The molecule has 2 aromatic rings. The van der Waals surface area contributed by atoms with Gasteiger partial charge in [0.25, 0.3) is 0 Å². The minimum atomic E-state index is 0.548. The molecule has 0 radical (unpaired) electrons. The summed E-state index contributed by atoms with van der Waals surface area (Å²) in [6, 6.07) is 7.66. The number of fused-ring (bicyclic) bond motifs is 1. The van der Waals surface area contributed by atoms with Crippen LogP contribution in [-0.4, -0.2) is 0 Å². The first kappa shape index (κ1) is 9.08. The minimum Gasteiger partial charge on any atom is -0.192 e. The van der Waals surface area contributed by atoms with Crippen molar-refractivity contribution in [3.05, 3.63) is 28.6 Å². The van der Waals surface area contributed by atoms with Crippen molar-refractivity contribution in [2.75, 3.05) is 0 Å². The van der Waals surface area contributed by atoms with E-state index in [1.807, 2.05) is 0 Å². The second-order valence-electron chi connectivity index (χ2n) is 2.71. The van der Waals surface area contributed by atoms with Crippen molar-refractivity contribution in [3.8, 4) is 12.1 Å². The van der Waals surface area contributed by atoms with E-state index in [4.69, 9.17) is 10.5 Å². The third-order valence-electron chi connectivity index (χ3n) is 1.96. The van der Waals surface area contributed by atoms with Crippen LogP contribution >= 0.6 is 24.0 Å². The fourth-order valence-corrected chi connectivity index (χ4v) is 2.61. The number of benzene rings is 1. The van der Waals surface area contributed by atoms with Gasteiger partial charge in [0.05, 0.1) is 15.8 Å². The Morgan fingerprint density at radius 1 is 1.14 bits per heavy atom. The number of thiophene rings is 1. The summed E-state index contributed by atoms with van der Waals surface area (Å²) in [5.74, 6) is 0. The summed E-state index contributed by atoms with van der Waals surface area (Å²) in [5, 5.41) is 20.3. The molecule has 0 bridgehead atoms. The van der Waals surface area contributed by atoms with Crippen molar-refractivity contribution in [1.82, 2.24) is 0 Å². The van der Waals surface area contributed by atoms with Gasteiger partial charge in [0.2, 0.25) is 0 Å². The van der Waals surface area contributed by atoms with Crippen LogP contribution in [0.15, 0.2) is 22.4 Å². The lowest BCUT2D eigenvalue weighted by Crippen LogP contribution is -1.78. The van der Waals surface area contributed by atoms with Gasteiger partial charge in [0.1, 0.15) is 12.1 Å². The molecule has 0 amide bonds. The maximum absolute atomic E-state index is 8.81. The monoisotopic (exact) mass is 216 g/mol. The highest BCUT2D eigenvalue weighted by Crippen LogP contribution is 2.32. The van der Waals surface area contributed by atoms with Crippen LogP contribution in [0, 0.1) is 22.7 Å². The highest BCUT2D eigenvalue weighted by molar-refractivity contribution is 7.80. The van der Waals surface area contributed by atoms with Gasteiger partial charge in [-0.1, -0.05) is 6.07 Å². The van der Waals surface area contributed by atoms with Gasteiger partial charge in [-0.15, -0.1) is 24.0 Å². The summed E-state index contributed by atoms with van der Waals surface area (Å²) in [6.45, 7) is 0. The van der Waals surface area contributed by atoms with E-state index < -0.39 is 0 Å². The number of thiol groups is 1. The lowest BCUT2D eigenvalue weighted by atomic mass is 10.1. The standard InChI is InChI=1S/C10H4N2S2/c11-3-6-1-2-8-7(4-12)5-14-10(8)9(6)13/h1-2,5,13H. The molecular weight excluding hydrogens is 212 g/mol. The molecule has 0 aliphatic carbocycles. The van der Waals surface area contributed by atoms with Crippen molar-refractivity contribution in [3.63, 3.8) is 0 Å². The molecule has 0 saturated carbocycles. The van der Waals surface area contributed by atoms with E-state index in [2.05, 4.69) is 24.8 Å². The fraction of sp³-hybridized carbons (Fsp3) is 0. The zero-order valence-electron chi connectivity index (χ0n) is 6.98. The molecule has 4 heteroatoms. The van der Waals surface area contributed by atoms with E-state index in [9.17, 15) is 0 Å². The summed E-state index contributed by atoms with van der Waals surface area (Å²) >= 11 is 5.72. The van der Waals surface area contributed by atoms with Crippen LogP contribution in [0.1, 0.15) is 11.1 Å². The molecule has 0 unspecified atom stereocenters. The van der Waals surface area contributed by atoms with E-state index in [1.54, 1.807) is 17.5 Å². The second kappa shape index (κ2) is 3.34. The molecule has 0 aliphatic heterocycles. The Morgan fingerprint density at radius 2 is 1.86 bits per heavy atom. The Labute approximate surface area is 90.4 Å². The van der Waals surface area contributed by atoms with Crippen molar-refractivity contribution in [2.45, 2.75) is 4.90 Å². The molecule has 2 nitrogen and oxygen atoms in total. The van der Waals surface area contributed by atoms with Crippen LogP contribution in [0.4, 0.5) is 0 Å². The molecule has 66 valence electrons. The number of hydrogen-bond acceptors (Lipinski definition) is 4. The Morgan fingerprint density at radius 3 is 2.50 bits per heavy atom. The smallest absolute Gasteiger partial charge is 0.101 e. The number of rotatable bonds is 0. The molecule has 1 aromatic heterocycles. The predicted molar refractivity (Wildman–Crippen MR) is 58.5 cm³/mol. The zero-order valence-corrected chi connectivity index (χ0v) is 8.69. The maximum Gasteiger partial charge on any atom is 0.101 e. The van der Waals surface area contributed by atoms with E-state index in [-0.39, 0.29) is 0 Å². The van der Waals surface area contributed by atoms with Gasteiger partial charge < -0.3 is 0 Å². The number of nitrogens with zero attached hydrogens (tertiary/aromatic N) is 2. The SMILES string of the molecule is N#Cc1ccc2c(C#N)csc2c1S. The van der Waals surface area contributed by atoms with Crippen LogP contribution in [0.5, 0.6) is 0 Å². The van der Waals surface area contributed by atoms with Gasteiger partial charge in [-0.25, -0.2) is 0 Å². The normalized spacial score (nSPS) is 9.64. The third-order valence-corrected chi connectivity index (χ3v) is 3.59. The topological polar surface area (TPSA) is 47.6 Å². The van der Waals surface area contributed by atoms with E-state index in [0.717, 1.165) is 10.1 Å². The average molecular weight is 216 g/mol. The Bertz CT molecular complexity index is 584. The lowest BCUT2D eigenvalue weighted by Gasteiger charge is -1.96. The van der Waals surface area contributed by atoms with Gasteiger partial charge in [0.15, 0.2) is 0 Å². The molecule has 0 saturated heterocycles. The molecule has 0 aliphatic rings.